The number of rotatable bonds is 21. The summed E-state index contributed by atoms with van der Waals surface area (Å²) < 4.78 is 11.8. The van der Waals surface area contributed by atoms with Gasteiger partial charge in [0.15, 0.2) is 12.2 Å². The van der Waals surface area contributed by atoms with E-state index in [1.54, 1.807) is 38.1 Å². The SMILES string of the molecule is CCCCCC1CCC(c2ccc(C(=O)OC(CC(=O)O)C(OC(=O)c3ccc(C4CCC(CCCCC)CC4)cc3)C(CC)(CC)C(=O)O)cc2)CC1. The van der Waals surface area contributed by atoms with Gasteiger partial charge in [0, 0.05) is 0 Å². The zero-order valence-corrected chi connectivity index (χ0v) is 33.4. The summed E-state index contributed by atoms with van der Waals surface area (Å²) in [5.74, 6) is -1.70. The summed E-state index contributed by atoms with van der Waals surface area (Å²) in [7, 11) is 0. The van der Waals surface area contributed by atoms with Crippen LogP contribution in [0.1, 0.15) is 193 Å². The van der Waals surface area contributed by atoms with Gasteiger partial charge in [-0.05, 0) is 123 Å². The number of ether oxygens (including phenoxy) is 2. The molecule has 8 heteroatoms. The first-order valence-corrected chi connectivity index (χ1v) is 21.1. The molecule has 2 aromatic carbocycles. The summed E-state index contributed by atoms with van der Waals surface area (Å²) in [6, 6.07) is 14.5. The standard InChI is InChI=1S/C46H66O8/c1-5-9-11-13-32-15-19-34(20-16-32)36-23-27-38(28-24-36)43(49)53-40(31-41(47)48)42(46(7-3,8-4)45(51)52)54-44(50)39-29-25-37(26-30-39)35-21-17-33(18-22-35)14-12-10-6-2/h23-30,32-35,40,42H,5-22,31H2,1-4H3,(H,47,48)(H,51,52). The van der Waals surface area contributed by atoms with Gasteiger partial charge in [0.2, 0.25) is 0 Å². The third-order valence-corrected chi connectivity index (χ3v) is 12.8. The average Bonchev–Trinajstić information content (AvgIpc) is 3.18. The van der Waals surface area contributed by atoms with Crippen LogP contribution in [-0.4, -0.2) is 46.3 Å². The Bertz CT molecular complexity index is 1460. The summed E-state index contributed by atoms with van der Waals surface area (Å²) in [6.07, 6.45) is 15.8. The second-order valence-electron chi connectivity index (χ2n) is 16.2. The van der Waals surface area contributed by atoms with Gasteiger partial charge in [-0.15, -0.1) is 0 Å². The highest BCUT2D eigenvalue weighted by atomic mass is 16.6. The van der Waals surface area contributed by atoms with Crippen molar-refractivity contribution in [3.05, 3.63) is 70.8 Å². The lowest BCUT2D eigenvalue weighted by molar-refractivity contribution is -0.168. The van der Waals surface area contributed by atoms with Crippen LogP contribution in [0.3, 0.4) is 0 Å². The van der Waals surface area contributed by atoms with E-state index >= 15 is 0 Å². The molecule has 2 fully saturated rings. The average molecular weight is 747 g/mol. The van der Waals surface area contributed by atoms with E-state index in [9.17, 15) is 29.4 Å². The van der Waals surface area contributed by atoms with Gasteiger partial charge in [-0.25, -0.2) is 9.59 Å². The van der Waals surface area contributed by atoms with E-state index in [-0.39, 0.29) is 24.0 Å². The summed E-state index contributed by atoms with van der Waals surface area (Å²) in [5.41, 5.74) is 1.10. The Kier molecular flexibility index (Phi) is 17.1. The van der Waals surface area contributed by atoms with E-state index < -0.39 is 47.9 Å². The molecule has 0 saturated heterocycles. The smallest absolute Gasteiger partial charge is 0.338 e. The number of carboxylic acids is 2. The molecule has 0 spiro atoms. The zero-order chi connectivity index (χ0) is 39.1. The van der Waals surface area contributed by atoms with Crippen molar-refractivity contribution >= 4 is 23.9 Å². The number of unbranched alkanes of at least 4 members (excludes halogenated alkanes) is 4. The number of aliphatic carboxylic acids is 2. The normalized spacial score (nSPS) is 21.5. The van der Waals surface area contributed by atoms with Crippen LogP contribution in [0.2, 0.25) is 0 Å². The molecular weight excluding hydrogens is 680 g/mol. The van der Waals surface area contributed by atoms with Gasteiger partial charge in [-0.2, -0.15) is 0 Å². The molecule has 4 rings (SSSR count). The van der Waals surface area contributed by atoms with Crippen molar-refractivity contribution in [3.8, 4) is 0 Å². The molecule has 0 bridgehead atoms. The first kappa shape index (κ1) is 43.1. The van der Waals surface area contributed by atoms with Crippen molar-refractivity contribution in [2.24, 2.45) is 17.3 Å². The summed E-state index contributed by atoms with van der Waals surface area (Å²) in [4.78, 5) is 52.4. The second-order valence-corrected chi connectivity index (χ2v) is 16.2. The molecule has 2 atom stereocenters. The third-order valence-electron chi connectivity index (χ3n) is 12.8. The van der Waals surface area contributed by atoms with E-state index in [1.165, 1.54) is 77.0 Å². The summed E-state index contributed by atoms with van der Waals surface area (Å²) in [6.45, 7) is 7.77. The first-order valence-electron chi connectivity index (χ1n) is 21.1. The maximum Gasteiger partial charge on any atom is 0.338 e. The Labute approximate surface area is 323 Å². The van der Waals surface area contributed by atoms with Crippen LogP contribution in [0, 0.1) is 17.3 Å². The lowest BCUT2D eigenvalue weighted by Crippen LogP contribution is -2.52. The number of hydrogen-bond acceptors (Lipinski definition) is 6. The van der Waals surface area contributed by atoms with Gasteiger partial charge < -0.3 is 19.7 Å². The van der Waals surface area contributed by atoms with E-state index in [1.807, 2.05) is 24.3 Å². The topological polar surface area (TPSA) is 127 Å². The predicted molar refractivity (Wildman–Crippen MR) is 212 cm³/mol. The molecule has 0 heterocycles. The van der Waals surface area contributed by atoms with Gasteiger partial charge >= 0.3 is 23.9 Å². The number of carboxylic acid groups (broad SMARTS) is 2. The van der Waals surface area contributed by atoms with Crippen molar-refractivity contribution in [1.82, 2.24) is 0 Å². The van der Waals surface area contributed by atoms with Gasteiger partial charge in [0.25, 0.3) is 0 Å². The molecule has 8 nitrogen and oxygen atoms in total. The lowest BCUT2D eigenvalue weighted by Gasteiger charge is -2.38. The largest absolute Gasteiger partial charge is 0.481 e. The van der Waals surface area contributed by atoms with Crippen LogP contribution in [-0.2, 0) is 19.1 Å². The highest BCUT2D eigenvalue weighted by molar-refractivity contribution is 5.91. The van der Waals surface area contributed by atoms with Gasteiger partial charge in [0.05, 0.1) is 17.5 Å². The van der Waals surface area contributed by atoms with Crippen LogP contribution in [0.5, 0.6) is 0 Å². The van der Waals surface area contributed by atoms with Crippen LogP contribution < -0.4 is 0 Å². The molecular formula is C46H66O8. The Morgan fingerprint density at radius 2 is 1.02 bits per heavy atom. The molecule has 2 aliphatic carbocycles. The predicted octanol–water partition coefficient (Wildman–Crippen LogP) is 11.5. The highest BCUT2D eigenvalue weighted by Crippen LogP contribution is 2.41. The molecule has 2 N–H and O–H groups in total. The molecule has 0 aromatic heterocycles. The van der Waals surface area contributed by atoms with Crippen LogP contribution in [0.25, 0.3) is 0 Å². The van der Waals surface area contributed by atoms with E-state index in [0.29, 0.717) is 11.8 Å². The van der Waals surface area contributed by atoms with Crippen LogP contribution in [0.4, 0.5) is 0 Å². The minimum absolute atomic E-state index is 0.0278. The summed E-state index contributed by atoms with van der Waals surface area (Å²) >= 11 is 0. The Balaban J connectivity index is 1.47. The molecule has 2 saturated carbocycles. The van der Waals surface area contributed by atoms with Gasteiger partial charge in [0.1, 0.15) is 5.41 Å². The van der Waals surface area contributed by atoms with Crippen molar-refractivity contribution in [1.29, 1.82) is 0 Å². The van der Waals surface area contributed by atoms with Crippen molar-refractivity contribution in [2.75, 3.05) is 0 Å². The molecule has 0 amide bonds. The second kappa shape index (κ2) is 21.4. The minimum atomic E-state index is -1.69. The van der Waals surface area contributed by atoms with Crippen molar-refractivity contribution < 1.29 is 38.9 Å². The summed E-state index contributed by atoms with van der Waals surface area (Å²) in [5, 5.41) is 20.4. The number of benzene rings is 2. The minimum Gasteiger partial charge on any atom is -0.481 e. The fourth-order valence-electron chi connectivity index (χ4n) is 9.11. The van der Waals surface area contributed by atoms with Gasteiger partial charge in [-0.3, -0.25) is 9.59 Å². The van der Waals surface area contributed by atoms with E-state index in [2.05, 4.69) is 13.8 Å². The first-order chi connectivity index (χ1) is 26.0. The maximum atomic E-state index is 13.7. The molecule has 0 radical (unpaired) electrons. The van der Waals surface area contributed by atoms with Crippen molar-refractivity contribution in [2.45, 2.75) is 174 Å². The molecule has 2 aromatic rings. The van der Waals surface area contributed by atoms with Crippen molar-refractivity contribution in [3.63, 3.8) is 0 Å². The monoisotopic (exact) mass is 746 g/mol. The highest BCUT2D eigenvalue weighted by Gasteiger charge is 2.51. The van der Waals surface area contributed by atoms with E-state index in [0.717, 1.165) is 48.6 Å². The van der Waals surface area contributed by atoms with Crippen LogP contribution in [0.15, 0.2) is 48.5 Å². The molecule has 298 valence electrons. The Morgan fingerprint density at radius 3 is 1.37 bits per heavy atom. The molecule has 2 unspecified atom stereocenters. The number of hydrogen-bond donors (Lipinski definition) is 2. The quantitative estimate of drug-likeness (QED) is 0.0954. The fourth-order valence-corrected chi connectivity index (χ4v) is 9.11. The van der Waals surface area contributed by atoms with Crippen LogP contribution >= 0.6 is 0 Å². The molecule has 0 aliphatic heterocycles. The number of carbonyl (C=O) groups is 4. The van der Waals surface area contributed by atoms with Gasteiger partial charge in [-0.1, -0.05) is 103 Å². The zero-order valence-electron chi connectivity index (χ0n) is 33.4. The third kappa shape index (κ3) is 11.7. The molecule has 2 aliphatic rings. The fraction of sp³-hybridized carbons (Fsp3) is 0.652. The van der Waals surface area contributed by atoms with E-state index in [4.69, 9.17) is 9.47 Å². The number of carbonyl (C=O) groups excluding carboxylic acids is 2. The lowest BCUT2D eigenvalue weighted by atomic mass is 9.74. The maximum absolute atomic E-state index is 13.7. The Morgan fingerprint density at radius 1 is 0.611 bits per heavy atom. The number of esters is 2. The Hall–Kier alpha value is -3.68. The molecule has 54 heavy (non-hydrogen) atoms.